The van der Waals surface area contributed by atoms with Crippen molar-refractivity contribution in [3.8, 4) is 0 Å². The average Bonchev–Trinajstić information content (AvgIpc) is 2.70. The van der Waals surface area contributed by atoms with Crippen molar-refractivity contribution >= 4 is 19.9 Å². The van der Waals surface area contributed by atoms with Gasteiger partial charge in [-0.15, -0.1) is 0 Å². The topological polar surface area (TPSA) is 80.3 Å². The Balaban J connectivity index is 2.06. The van der Waals surface area contributed by atoms with E-state index in [0.717, 1.165) is 11.1 Å². The molecule has 0 aliphatic carbocycles. The first-order valence-electron chi connectivity index (χ1n) is 6.47. The molecule has 2 rings (SSSR count). The van der Waals surface area contributed by atoms with Crippen molar-refractivity contribution < 1.29 is 16.8 Å². The van der Waals surface area contributed by atoms with Crippen LogP contribution in [0.3, 0.4) is 0 Å². The molecule has 1 aromatic rings. The molecule has 1 atom stereocenters. The Morgan fingerprint density at radius 3 is 2.50 bits per heavy atom. The van der Waals surface area contributed by atoms with E-state index in [1.165, 1.54) is 0 Å². The van der Waals surface area contributed by atoms with E-state index in [1.807, 2.05) is 13.8 Å². The van der Waals surface area contributed by atoms with Gasteiger partial charge in [0.15, 0.2) is 9.84 Å². The minimum absolute atomic E-state index is 0.0719. The van der Waals surface area contributed by atoms with Gasteiger partial charge in [0, 0.05) is 6.54 Å². The van der Waals surface area contributed by atoms with Crippen molar-refractivity contribution in [3.05, 3.63) is 29.3 Å². The molecule has 1 saturated heterocycles. The number of rotatable bonds is 4. The number of aryl methyl sites for hydroxylation is 2. The van der Waals surface area contributed by atoms with Crippen LogP contribution < -0.4 is 4.72 Å². The lowest BCUT2D eigenvalue weighted by atomic mass is 10.1. The van der Waals surface area contributed by atoms with Crippen LogP contribution >= 0.6 is 0 Å². The molecule has 1 aliphatic heterocycles. The number of sulfonamides is 1. The van der Waals surface area contributed by atoms with Gasteiger partial charge >= 0.3 is 0 Å². The van der Waals surface area contributed by atoms with Crippen molar-refractivity contribution in [2.75, 3.05) is 18.1 Å². The van der Waals surface area contributed by atoms with Crippen molar-refractivity contribution in [1.29, 1.82) is 0 Å². The third-order valence-corrected chi connectivity index (χ3v) is 6.94. The molecule has 0 bridgehead atoms. The molecule has 0 aromatic heterocycles. The zero-order valence-corrected chi connectivity index (χ0v) is 13.2. The second-order valence-corrected chi connectivity index (χ2v) is 9.36. The minimum atomic E-state index is -3.57. The number of benzene rings is 1. The predicted molar refractivity (Wildman–Crippen MR) is 77.9 cm³/mol. The fourth-order valence-corrected chi connectivity index (χ4v) is 5.29. The summed E-state index contributed by atoms with van der Waals surface area (Å²) in [6, 6.07) is 4.96. The van der Waals surface area contributed by atoms with Crippen LogP contribution in [0.5, 0.6) is 0 Å². The Labute approximate surface area is 120 Å². The summed E-state index contributed by atoms with van der Waals surface area (Å²) in [6.45, 7) is 3.95. The molecule has 20 heavy (non-hydrogen) atoms. The van der Waals surface area contributed by atoms with Gasteiger partial charge in [0.05, 0.1) is 16.4 Å². The van der Waals surface area contributed by atoms with Gasteiger partial charge < -0.3 is 0 Å². The Morgan fingerprint density at radius 1 is 1.25 bits per heavy atom. The van der Waals surface area contributed by atoms with E-state index < -0.39 is 19.9 Å². The zero-order chi connectivity index (χ0) is 15.0. The van der Waals surface area contributed by atoms with Crippen LogP contribution in [0.25, 0.3) is 0 Å². The molecule has 5 nitrogen and oxygen atoms in total. The van der Waals surface area contributed by atoms with Gasteiger partial charge in [0.1, 0.15) is 0 Å². The molecule has 1 aliphatic rings. The molecule has 0 spiro atoms. The number of hydrogen-bond donors (Lipinski definition) is 1. The van der Waals surface area contributed by atoms with Gasteiger partial charge in [-0.05, 0) is 49.4 Å². The summed E-state index contributed by atoms with van der Waals surface area (Å²) in [5, 5.41) is 0. The summed E-state index contributed by atoms with van der Waals surface area (Å²) in [4.78, 5) is 0.224. The molecule has 1 fully saturated rings. The average molecular weight is 317 g/mol. The van der Waals surface area contributed by atoms with Gasteiger partial charge in [0.25, 0.3) is 0 Å². The van der Waals surface area contributed by atoms with Gasteiger partial charge in [0.2, 0.25) is 10.0 Å². The van der Waals surface area contributed by atoms with E-state index in [1.54, 1.807) is 18.2 Å². The molecule has 0 radical (unpaired) electrons. The van der Waals surface area contributed by atoms with Crippen LogP contribution in [0.4, 0.5) is 0 Å². The lowest BCUT2D eigenvalue weighted by Gasteiger charge is -2.11. The highest BCUT2D eigenvalue weighted by Crippen LogP contribution is 2.19. The maximum atomic E-state index is 12.2. The van der Waals surface area contributed by atoms with Crippen LogP contribution in [-0.4, -0.2) is 34.9 Å². The van der Waals surface area contributed by atoms with Crippen LogP contribution in [0.1, 0.15) is 17.5 Å². The van der Waals surface area contributed by atoms with Gasteiger partial charge in [-0.1, -0.05) is 6.07 Å². The van der Waals surface area contributed by atoms with E-state index in [-0.39, 0.29) is 28.9 Å². The second kappa shape index (κ2) is 5.46. The van der Waals surface area contributed by atoms with Crippen molar-refractivity contribution in [3.63, 3.8) is 0 Å². The summed E-state index contributed by atoms with van der Waals surface area (Å²) in [7, 11) is -6.54. The SMILES string of the molecule is Cc1ccc(S(=O)(=O)NC[C@@H]2CCS(=O)(=O)C2)cc1C. The highest BCUT2D eigenvalue weighted by molar-refractivity contribution is 7.91. The van der Waals surface area contributed by atoms with Crippen LogP contribution in [0.2, 0.25) is 0 Å². The predicted octanol–water partition coefficient (Wildman–Crippen LogP) is 1.02. The first-order valence-corrected chi connectivity index (χ1v) is 9.77. The molecule has 0 saturated carbocycles. The maximum absolute atomic E-state index is 12.2. The van der Waals surface area contributed by atoms with E-state index in [9.17, 15) is 16.8 Å². The number of hydrogen-bond acceptors (Lipinski definition) is 4. The molecular weight excluding hydrogens is 298 g/mol. The quantitative estimate of drug-likeness (QED) is 0.899. The zero-order valence-electron chi connectivity index (χ0n) is 11.6. The molecule has 0 unspecified atom stereocenters. The van der Waals surface area contributed by atoms with Crippen molar-refractivity contribution in [2.45, 2.75) is 25.2 Å². The summed E-state index contributed by atoms with van der Waals surface area (Å²) in [5.41, 5.74) is 1.95. The first kappa shape index (κ1) is 15.5. The van der Waals surface area contributed by atoms with Crippen LogP contribution in [-0.2, 0) is 19.9 Å². The lowest BCUT2D eigenvalue weighted by Crippen LogP contribution is -2.30. The molecule has 1 aromatic carbocycles. The largest absolute Gasteiger partial charge is 0.240 e. The van der Waals surface area contributed by atoms with Crippen LogP contribution in [0.15, 0.2) is 23.1 Å². The molecule has 1 N–H and O–H groups in total. The standard InChI is InChI=1S/C13H19NO4S2/c1-10-3-4-13(7-11(10)2)20(17,18)14-8-12-5-6-19(15,16)9-12/h3-4,7,12,14H,5-6,8-9H2,1-2H3/t12-/m0/s1. The molecule has 7 heteroatoms. The monoisotopic (exact) mass is 317 g/mol. The number of sulfone groups is 1. The highest BCUT2D eigenvalue weighted by atomic mass is 32.2. The van der Waals surface area contributed by atoms with Crippen molar-refractivity contribution in [1.82, 2.24) is 4.72 Å². The van der Waals surface area contributed by atoms with Crippen LogP contribution in [0, 0.1) is 19.8 Å². The van der Waals surface area contributed by atoms with E-state index in [4.69, 9.17) is 0 Å². The third-order valence-electron chi connectivity index (χ3n) is 3.68. The van der Waals surface area contributed by atoms with E-state index in [2.05, 4.69) is 4.72 Å². The Bertz CT molecular complexity index is 708. The van der Waals surface area contributed by atoms with Gasteiger partial charge in [-0.25, -0.2) is 21.6 Å². The second-order valence-electron chi connectivity index (χ2n) is 5.37. The molecular formula is C13H19NO4S2. The summed E-state index contributed by atoms with van der Waals surface area (Å²) >= 11 is 0. The fraction of sp³-hybridized carbons (Fsp3) is 0.538. The highest BCUT2D eigenvalue weighted by Gasteiger charge is 2.29. The fourth-order valence-electron chi connectivity index (χ4n) is 2.22. The van der Waals surface area contributed by atoms with E-state index in [0.29, 0.717) is 6.42 Å². The summed E-state index contributed by atoms with van der Waals surface area (Å²) < 4.78 is 49.5. The Hall–Kier alpha value is -0.920. The maximum Gasteiger partial charge on any atom is 0.240 e. The molecule has 112 valence electrons. The summed E-state index contributed by atoms with van der Waals surface area (Å²) in [5.74, 6) is 0.104. The Kier molecular flexibility index (Phi) is 4.22. The summed E-state index contributed by atoms with van der Waals surface area (Å²) in [6.07, 6.45) is 0.526. The third kappa shape index (κ3) is 3.59. The normalized spacial score (nSPS) is 22.0. The van der Waals surface area contributed by atoms with Crippen molar-refractivity contribution in [2.24, 2.45) is 5.92 Å². The van der Waals surface area contributed by atoms with Gasteiger partial charge in [-0.2, -0.15) is 0 Å². The molecule has 1 heterocycles. The first-order chi connectivity index (χ1) is 9.20. The Morgan fingerprint density at radius 2 is 1.95 bits per heavy atom. The van der Waals surface area contributed by atoms with E-state index >= 15 is 0 Å². The van der Waals surface area contributed by atoms with Gasteiger partial charge in [-0.3, -0.25) is 0 Å². The lowest BCUT2D eigenvalue weighted by molar-refractivity contribution is 0.543. The minimum Gasteiger partial charge on any atom is -0.229 e. The molecule has 0 amide bonds. The smallest absolute Gasteiger partial charge is 0.229 e. The number of nitrogens with one attached hydrogen (secondary N) is 1.